The van der Waals surface area contributed by atoms with Crippen molar-refractivity contribution in [2.24, 2.45) is 0 Å². The summed E-state index contributed by atoms with van der Waals surface area (Å²) in [5, 5.41) is 2.04. The van der Waals surface area contributed by atoms with Crippen LogP contribution in [0.1, 0.15) is 12.6 Å². The highest BCUT2D eigenvalue weighted by molar-refractivity contribution is 7.07. The van der Waals surface area contributed by atoms with Gasteiger partial charge in [-0.25, -0.2) is 4.98 Å². The second-order valence-corrected chi connectivity index (χ2v) is 4.68. The average molecular weight is 263 g/mol. The fraction of sp³-hybridized carbons (Fsp3) is 0.308. The summed E-state index contributed by atoms with van der Waals surface area (Å²) >= 11 is 1.60. The predicted molar refractivity (Wildman–Crippen MR) is 76.2 cm³/mol. The van der Waals surface area contributed by atoms with Crippen molar-refractivity contribution in [3.05, 3.63) is 34.8 Å². The average Bonchev–Trinajstić information content (AvgIpc) is 2.85. The molecule has 0 bridgehead atoms. The molecule has 0 atom stereocenters. The largest absolute Gasteiger partial charge is 0.492 e. The quantitative estimate of drug-likeness (QED) is 0.843. The van der Waals surface area contributed by atoms with Gasteiger partial charge in [-0.2, -0.15) is 0 Å². The fourth-order valence-electron chi connectivity index (χ4n) is 1.79. The van der Waals surface area contributed by atoms with Gasteiger partial charge in [-0.3, -0.25) is 0 Å². The second kappa shape index (κ2) is 5.73. The standard InChI is InChI=1S/C13H17N3OS/c1-3-17-12-6-4-5-11(13(12)14)16(2)7-10-8-18-9-15-10/h4-6,8-9H,3,7,14H2,1-2H3. The number of aromatic nitrogens is 1. The minimum atomic E-state index is 0.615. The maximum absolute atomic E-state index is 6.11. The molecule has 0 unspecified atom stereocenters. The van der Waals surface area contributed by atoms with Crippen molar-refractivity contribution >= 4 is 22.7 Å². The van der Waals surface area contributed by atoms with E-state index in [9.17, 15) is 0 Å². The molecule has 18 heavy (non-hydrogen) atoms. The molecule has 0 aliphatic heterocycles. The maximum Gasteiger partial charge on any atom is 0.144 e. The predicted octanol–water partition coefficient (Wildman–Crippen LogP) is 2.76. The third kappa shape index (κ3) is 2.73. The number of benzene rings is 1. The molecule has 5 heteroatoms. The van der Waals surface area contributed by atoms with Crippen LogP contribution in [0.25, 0.3) is 0 Å². The Bertz CT molecular complexity index is 499. The highest BCUT2D eigenvalue weighted by Gasteiger charge is 2.10. The molecular formula is C13H17N3OS. The molecule has 96 valence electrons. The molecule has 1 aromatic heterocycles. The van der Waals surface area contributed by atoms with E-state index in [0.717, 1.165) is 23.7 Å². The van der Waals surface area contributed by atoms with Crippen molar-refractivity contribution < 1.29 is 4.74 Å². The first-order chi connectivity index (χ1) is 8.72. The molecule has 2 aromatic rings. The minimum absolute atomic E-state index is 0.615. The molecule has 0 aliphatic carbocycles. The highest BCUT2D eigenvalue weighted by Crippen LogP contribution is 2.32. The lowest BCUT2D eigenvalue weighted by Gasteiger charge is -2.21. The lowest BCUT2D eigenvalue weighted by Crippen LogP contribution is -2.18. The molecule has 4 nitrogen and oxygen atoms in total. The first-order valence-corrected chi connectivity index (χ1v) is 6.76. The Morgan fingerprint density at radius 3 is 2.94 bits per heavy atom. The first kappa shape index (κ1) is 12.7. The van der Waals surface area contributed by atoms with Crippen LogP contribution >= 0.6 is 11.3 Å². The van der Waals surface area contributed by atoms with Crippen LogP contribution in [0.15, 0.2) is 29.1 Å². The van der Waals surface area contributed by atoms with Crippen molar-refractivity contribution in [3.8, 4) is 5.75 Å². The van der Waals surface area contributed by atoms with E-state index in [2.05, 4.69) is 9.88 Å². The van der Waals surface area contributed by atoms with Crippen LogP contribution in [0, 0.1) is 0 Å². The van der Waals surface area contributed by atoms with E-state index >= 15 is 0 Å². The molecule has 0 radical (unpaired) electrons. The van der Waals surface area contributed by atoms with Crippen LogP contribution in [0.5, 0.6) is 5.75 Å². The van der Waals surface area contributed by atoms with Crippen LogP contribution in [-0.4, -0.2) is 18.6 Å². The number of hydrogen-bond donors (Lipinski definition) is 1. The van der Waals surface area contributed by atoms with Gasteiger partial charge in [0.05, 0.1) is 35.7 Å². The molecule has 2 N–H and O–H groups in total. The van der Waals surface area contributed by atoms with Gasteiger partial charge in [-0.05, 0) is 19.1 Å². The van der Waals surface area contributed by atoms with Crippen molar-refractivity contribution in [1.29, 1.82) is 0 Å². The number of rotatable bonds is 5. The minimum Gasteiger partial charge on any atom is -0.492 e. The monoisotopic (exact) mass is 263 g/mol. The molecule has 0 saturated carbocycles. The summed E-state index contributed by atoms with van der Waals surface area (Å²) in [4.78, 5) is 6.35. The third-order valence-corrected chi connectivity index (χ3v) is 3.27. The lowest BCUT2D eigenvalue weighted by atomic mass is 10.2. The molecule has 2 rings (SSSR count). The summed E-state index contributed by atoms with van der Waals surface area (Å²) in [5.74, 6) is 0.736. The molecule has 0 spiro atoms. The van der Waals surface area contributed by atoms with E-state index in [4.69, 9.17) is 10.5 Å². The summed E-state index contributed by atoms with van der Waals surface area (Å²) in [6.45, 7) is 3.30. The Kier molecular flexibility index (Phi) is 4.04. The van der Waals surface area contributed by atoms with Gasteiger partial charge in [0.1, 0.15) is 5.75 Å². The summed E-state index contributed by atoms with van der Waals surface area (Å²) in [5.41, 5.74) is 10.6. The maximum atomic E-state index is 6.11. The Hall–Kier alpha value is -1.75. The number of nitrogens with two attached hydrogens (primary N) is 1. The van der Waals surface area contributed by atoms with Crippen LogP contribution in [0.2, 0.25) is 0 Å². The number of thiazole rings is 1. The van der Waals surface area contributed by atoms with Crippen molar-refractivity contribution in [3.63, 3.8) is 0 Å². The van der Waals surface area contributed by atoms with E-state index in [1.54, 1.807) is 11.3 Å². The Morgan fingerprint density at radius 2 is 2.28 bits per heavy atom. The smallest absolute Gasteiger partial charge is 0.144 e. The van der Waals surface area contributed by atoms with Crippen LogP contribution < -0.4 is 15.4 Å². The zero-order valence-electron chi connectivity index (χ0n) is 10.6. The zero-order chi connectivity index (χ0) is 13.0. The van der Waals surface area contributed by atoms with Gasteiger partial charge >= 0.3 is 0 Å². The summed E-state index contributed by atoms with van der Waals surface area (Å²) in [7, 11) is 2.00. The molecule has 0 saturated heterocycles. The SMILES string of the molecule is CCOc1cccc(N(C)Cc2cscn2)c1N. The van der Waals surface area contributed by atoms with Crippen molar-refractivity contribution in [1.82, 2.24) is 4.98 Å². The van der Waals surface area contributed by atoms with Gasteiger partial charge in [0.25, 0.3) is 0 Å². The number of nitrogen functional groups attached to an aromatic ring is 1. The second-order valence-electron chi connectivity index (χ2n) is 3.96. The van der Waals surface area contributed by atoms with E-state index in [1.807, 2.05) is 43.1 Å². The van der Waals surface area contributed by atoms with Gasteiger partial charge < -0.3 is 15.4 Å². The highest BCUT2D eigenvalue weighted by atomic mass is 32.1. The summed E-state index contributed by atoms with van der Waals surface area (Å²) in [6.07, 6.45) is 0. The van der Waals surface area contributed by atoms with E-state index in [0.29, 0.717) is 12.3 Å². The van der Waals surface area contributed by atoms with Crippen molar-refractivity contribution in [2.45, 2.75) is 13.5 Å². The van der Waals surface area contributed by atoms with Gasteiger partial charge in [-0.15, -0.1) is 11.3 Å². The molecule has 1 heterocycles. The van der Waals surface area contributed by atoms with E-state index in [1.165, 1.54) is 0 Å². The zero-order valence-corrected chi connectivity index (χ0v) is 11.4. The normalized spacial score (nSPS) is 10.3. The molecule has 0 amide bonds. The Labute approximate surface area is 111 Å². The molecule has 0 aliphatic rings. The Balaban J connectivity index is 2.19. The third-order valence-electron chi connectivity index (χ3n) is 2.64. The van der Waals surface area contributed by atoms with Crippen LogP contribution in [-0.2, 0) is 6.54 Å². The van der Waals surface area contributed by atoms with E-state index in [-0.39, 0.29) is 0 Å². The number of anilines is 2. The van der Waals surface area contributed by atoms with Gasteiger partial charge in [0.15, 0.2) is 0 Å². The lowest BCUT2D eigenvalue weighted by molar-refractivity contribution is 0.342. The summed E-state index contributed by atoms with van der Waals surface area (Å²) < 4.78 is 5.50. The molecular weight excluding hydrogens is 246 g/mol. The van der Waals surface area contributed by atoms with Gasteiger partial charge in [0.2, 0.25) is 0 Å². The van der Waals surface area contributed by atoms with Crippen LogP contribution in [0.4, 0.5) is 11.4 Å². The van der Waals surface area contributed by atoms with Gasteiger partial charge in [-0.1, -0.05) is 6.07 Å². The Morgan fingerprint density at radius 1 is 1.44 bits per heavy atom. The topological polar surface area (TPSA) is 51.4 Å². The summed E-state index contributed by atoms with van der Waals surface area (Å²) in [6, 6.07) is 5.83. The number of nitrogens with zero attached hydrogens (tertiary/aromatic N) is 2. The first-order valence-electron chi connectivity index (χ1n) is 5.82. The number of ether oxygens (including phenoxy) is 1. The number of para-hydroxylation sites is 1. The number of hydrogen-bond acceptors (Lipinski definition) is 5. The molecule has 0 fully saturated rings. The van der Waals surface area contributed by atoms with Gasteiger partial charge in [0, 0.05) is 12.4 Å². The van der Waals surface area contributed by atoms with Crippen molar-refractivity contribution in [2.75, 3.05) is 24.3 Å². The van der Waals surface area contributed by atoms with E-state index < -0.39 is 0 Å². The van der Waals surface area contributed by atoms with Crippen LogP contribution in [0.3, 0.4) is 0 Å². The fourth-order valence-corrected chi connectivity index (χ4v) is 2.34. The molecule has 1 aromatic carbocycles.